The van der Waals surface area contributed by atoms with Gasteiger partial charge < -0.3 is 4.57 Å². The highest BCUT2D eigenvalue weighted by atomic mass is 15.0. The van der Waals surface area contributed by atoms with Crippen LogP contribution in [0.4, 0.5) is 0 Å². The Morgan fingerprint density at radius 3 is 0.472 bits per heavy atom. The van der Waals surface area contributed by atoms with Gasteiger partial charge >= 0.3 is 0 Å². The third kappa shape index (κ3) is 15.6. The SMILES string of the molecule is c1ccc(-c2cc(-c3ccccc3)cc(-c3nc(-c4ccc(-c5cc(-c6ccccc6)cc6c7cc(-c8ccccc8)cc(-c8ccc(-c9nc(-c%10cc(-c%11ccccc%11)cc(-c%11ccccc%11)c%10)nc(-c%10cc(-c%11ccccc%11)cc(-c%11ccccc%11)c%10)n9)cc8)c7n(-c7ccccc7)c56)cc4)nc(-c4cc(-c5ccccc5)cc(-c5ccccc5)c4)n3)c2)cc1. The number of para-hydroxylation sites is 1. The third-order valence-corrected chi connectivity index (χ3v) is 24.0. The van der Waals surface area contributed by atoms with Crippen molar-refractivity contribution in [3.63, 3.8) is 0 Å². The molecule has 0 fully saturated rings. The summed E-state index contributed by atoms with van der Waals surface area (Å²) < 4.78 is 2.50. The predicted molar refractivity (Wildman–Crippen MR) is 525 cm³/mol. The Kier molecular flexibility index (Phi) is 20.3. The monoisotopic (exact) mass is 1620 g/mol. The second-order valence-corrected chi connectivity index (χ2v) is 32.1. The van der Waals surface area contributed by atoms with Crippen LogP contribution in [0.25, 0.3) is 229 Å². The van der Waals surface area contributed by atoms with Gasteiger partial charge in [0.15, 0.2) is 34.9 Å². The molecule has 0 unspecified atom stereocenters. The second kappa shape index (κ2) is 33.8. The lowest BCUT2D eigenvalue weighted by molar-refractivity contribution is 1.07. The average Bonchev–Trinajstić information content (AvgIpc) is 1.53. The highest BCUT2D eigenvalue weighted by molar-refractivity contribution is 6.20. The minimum Gasteiger partial charge on any atom is -0.308 e. The smallest absolute Gasteiger partial charge is 0.164 e. The fourth-order valence-electron chi connectivity index (χ4n) is 17.7. The minimum absolute atomic E-state index is 0.545. The predicted octanol–water partition coefficient (Wildman–Crippen LogP) is 31.2. The molecule has 3 aromatic heterocycles. The van der Waals surface area contributed by atoms with Crippen LogP contribution in [-0.4, -0.2) is 34.5 Å². The molecule has 594 valence electrons. The number of hydrogen-bond acceptors (Lipinski definition) is 6. The van der Waals surface area contributed by atoms with Crippen molar-refractivity contribution < 1.29 is 0 Å². The van der Waals surface area contributed by atoms with Crippen LogP contribution < -0.4 is 0 Å². The zero-order valence-electron chi connectivity index (χ0n) is 69.2. The van der Waals surface area contributed by atoms with Crippen LogP contribution in [-0.2, 0) is 0 Å². The Morgan fingerprint density at radius 2 is 0.276 bits per heavy atom. The fourth-order valence-corrected chi connectivity index (χ4v) is 17.7. The maximum atomic E-state index is 5.56. The molecule has 7 heteroatoms. The Labute approximate surface area is 738 Å². The molecule has 7 nitrogen and oxygen atoms in total. The van der Waals surface area contributed by atoms with Crippen molar-refractivity contribution in [2.24, 2.45) is 0 Å². The number of fused-ring (bicyclic) bond motifs is 3. The first-order valence-electron chi connectivity index (χ1n) is 43.0. The molecule has 0 radical (unpaired) electrons. The molecule has 22 rings (SSSR count). The first-order valence-corrected chi connectivity index (χ1v) is 43.0. The molecule has 0 saturated heterocycles. The van der Waals surface area contributed by atoms with Gasteiger partial charge in [0, 0.05) is 61.0 Å². The van der Waals surface area contributed by atoms with E-state index in [2.05, 4.69) is 484 Å². The summed E-state index contributed by atoms with van der Waals surface area (Å²) >= 11 is 0. The van der Waals surface area contributed by atoms with Crippen molar-refractivity contribution in [2.75, 3.05) is 0 Å². The Bertz CT molecular complexity index is 6790. The van der Waals surface area contributed by atoms with Gasteiger partial charge in [0.05, 0.1) is 11.0 Å². The van der Waals surface area contributed by atoms with Crippen LogP contribution in [0, 0.1) is 0 Å². The molecule has 19 aromatic carbocycles. The van der Waals surface area contributed by atoms with Crippen LogP contribution >= 0.6 is 0 Å². The van der Waals surface area contributed by atoms with E-state index in [1.54, 1.807) is 0 Å². The summed E-state index contributed by atoms with van der Waals surface area (Å²) in [6.45, 7) is 0. The molecule has 0 aliphatic heterocycles. The first kappa shape index (κ1) is 76.2. The zero-order chi connectivity index (χ0) is 84.4. The zero-order valence-corrected chi connectivity index (χ0v) is 69.2. The van der Waals surface area contributed by atoms with Crippen LogP contribution in [0.2, 0.25) is 0 Å². The van der Waals surface area contributed by atoms with Gasteiger partial charge in [-0.3, -0.25) is 0 Å². The highest BCUT2D eigenvalue weighted by Gasteiger charge is 2.26. The van der Waals surface area contributed by atoms with Crippen molar-refractivity contribution >= 4 is 21.8 Å². The molecule has 0 aliphatic carbocycles. The van der Waals surface area contributed by atoms with Crippen molar-refractivity contribution in [2.45, 2.75) is 0 Å². The summed E-state index contributed by atoms with van der Waals surface area (Å²) in [7, 11) is 0. The van der Waals surface area contributed by atoms with Gasteiger partial charge in [0.1, 0.15) is 0 Å². The molecular weight excluding hydrogens is 1540 g/mol. The molecular formula is C120H79N7. The normalized spacial score (nSPS) is 11.3. The lowest BCUT2D eigenvalue weighted by atomic mass is 9.92. The Morgan fingerprint density at radius 1 is 0.118 bits per heavy atom. The minimum atomic E-state index is 0.545. The maximum absolute atomic E-state index is 5.56. The van der Waals surface area contributed by atoms with Crippen LogP contribution in [0.1, 0.15) is 0 Å². The summed E-state index contributed by atoms with van der Waals surface area (Å²) in [5.74, 6) is 3.32. The maximum Gasteiger partial charge on any atom is 0.164 e. The van der Waals surface area contributed by atoms with Crippen molar-refractivity contribution in [1.29, 1.82) is 0 Å². The molecule has 0 atom stereocenters. The number of aromatic nitrogens is 7. The fraction of sp³-hybridized carbons (Fsp3) is 0. The highest BCUT2D eigenvalue weighted by Crippen LogP contribution is 2.48. The topological polar surface area (TPSA) is 82.3 Å². The van der Waals surface area contributed by atoms with E-state index < -0.39 is 0 Å². The largest absolute Gasteiger partial charge is 0.308 e. The van der Waals surface area contributed by atoms with E-state index in [0.717, 1.165) is 194 Å². The van der Waals surface area contributed by atoms with Gasteiger partial charge in [-0.25, -0.2) is 29.9 Å². The van der Waals surface area contributed by atoms with E-state index in [1.165, 1.54) is 0 Å². The van der Waals surface area contributed by atoms with Gasteiger partial charge in [-0.2, -0.15) is 0 Å². The summed E-state index contributed by atoms with van der Waals surface area (Å²) in [6.07, 6.45) is 0. The van der Waals surface area contributed by atoms with Gasteiger partial charge in [0.2, 0.25) is 0 Å². The summed E-state index contributed by atoms with van der Waals surface area (Å²) in [5.41, 5.74) is 34.0. The molecule has 0 saturated carbocycles. The molecule has 0 bridgehead atoms. The van der Waals surface area contributed by atoms with Gasteiger partial charge in [0.25, 0.3) is 0 Å². The summed E-state index contributed by atoms with van der Waals surface area (Å²) in [5, 5.41) is 2.20. The molecule has 127 heavy (non-hydrogen) atoms. The van der Waals surface area contributed by atoms with Gasteiger partial charge in [-0.05, 0) is 232 Å². The van der Waals surface area contributed by atoms with Crippen molar-refractivity contribution in [3.05, 3.63) is 479 Å². The summed E-state index contributed by atoms with van der Waals surface area (Å²) in [4.78, 5) is 33.3. The average molecular weight is 1620 g/mol. The number of benzene rings is 19. The number of rotatable bonds is 19. The lowest BCUT2D eigenvalue weighted by Gasteiger charge is -2.16. The molecule has 0 spiro atoms. The van der Waals surface area contributed by atoms with Gasteiger partial charge in [-0.15, -0.1) is 0 Å². The van der Waals surface area contributed by atoms with E-state index in [4.69, 9.17) is 29.9 Å². The van der Waals surface area contributed by atoms with E-state index in [1.807, 2.05) is 0 Å². The van der Waals surface area contributed by atoms with Crippen LogP contribution in [0.3, 0.4) is 0 Å². The van der Waals surface area contributed by atoms with E-state index in [9.17, 15) is 0 Å². The lowest BCUT2D eigenvalue weighted by Crippen LogP contribution is -2.01. The van der Waals surface area contributed by atoms with Crippen molar-refractivity contribution in [3.8, 4) is 208 Å². The second-order valence-electron chi connectivity index (χ2n) is 32.1. The Balaban J connectivity index is 0.733. The van der Waals surface area contributed by atoms with E-state index in [0.29, 0.717) is 34.9 Å². The standard InChI is InChI=1S/C120H79N7/c1-12-34-80(35-13-1)94-64-95(81-36-14-2-15-37-81)69-104(68-94)117-121-115(122-118(125-117)105-70-96(82-38-16-3-17-39-82)65-97(71-105)83-40-18-4-19-41-83)92-60-56-90(57-61-92)109-76-102(88-50-28-9-29-51-88)78-111-112-79-103(89-52-30-10-31-53-89)77-110(114(112)127(113(109)111)108-54-32-11-33-55-108)91-58-62-93(63-59-91)116-123-119(106-72-98(84-42-20-5-21-43-84)66-99(73-106)85-44-22-6-23-45-85)126-120(124-116)107-74-100(86-46-24-7-25-47-86)67-101(75-107)87-48-26-8-27-49-87/h1-79H. The summed E-state index contributed by atoms with van der Waals surface area (Å²) in [6, 6.07) is 171. The molecule has 0 amide bonds. The van der Waals surface area contributed by atoms with Gasteiger partial charge in [-0.1, -0.05) is 370 Å². The van der Waals surface area contributed by atoms with E-state index >= 15 is 0 Å². The molecule has 0 N–H and O–H groups in total. The quantitative estimate of drug-likeness (QED) is 0.0802. The third-order valence-electron chi connectivity index (χ3n) is 24.0. The first-order chi connectivity index (χ1) is 62.9. The molecule has 0 aliphatic rings. The van der Waals surface area contributed by atoms with Crippen LogP contribution in [0.5, 0.6) is 0 Å². The molecule has 3 heterocycles. The van der Waals surface area contributed by atoms with E-state index in [-0.39, 0.29) is 0 Å². The number of nitrogens with zero attached hydrogens (tertiary/aromatic N) is 7. The molecule has 22 aromatic rings. The number of hydrogen-bond donors (Lipinski definition) is 0. The Hall–Kier alpha value is -17.0. The van der Waals surface area contributed by atoms with Crippen LogP contribution in [0.15, 0.2) is 479 Å². The van der Waals surface area contributed by atoms with Crippen molar-refractivity contribution in [1.82, 2.24) is 34.5 Å².